The van der Waals surface area contributed by atoms with Gasteiger partial charge in [0.1, 0.15) is 12.4 Å². The van der Waals surface area contributed by atoms with Crippen LogP contribution in [0.3, 0.4) is 0 Å². The molecule has 0 saturated carbocycles. The fourth-order valence-electron chi connectivity index (χ4n) is 1.58. The maximum atomic E-state index is 5.78. The molecule has 1 unspecified atom stereocenters. The summed E-state index contributed by atoms with van der Waals surface area (Å²) in [7, 11) is 0. The summed E-state index contributed by atoms with van der Waals surface area (Å²) < 4.78 is 11.4. The number of para-hydroxylation sites is 1. The molecule has 0 saturated heterocycles. The normalized spacial score (nSPS) is 12.7. The first kappa shape index (κ1) is 15.0. The van der Waals surface area contributed by atoms with Gasteiger partial charge >= 0.3 is 0 Å². The Morgan fingerprint density at radius 1 is 1.11 bits per heavy atom. The fraction of sp³-hybridized carbons (Fsp3) is 0.600. The van der Waals surface area contributed by atoms with Crippen molar-refractivity contribution in [3.05, 3.63) is 30.3 Å². The lowest BCUT2D eigenvalue weighted by atomic mass is 10.2. The monoisotopic (exact) mass is 251 g/mol. The standard InChI is InChI=1S/C15H25NO2/c1-4-14(12-16-13(2)3)17-10-11-18-15-8-6-5-7-9-15/h5-9,13-14,16H,4,10-12H2,1-3H3. The second-order valence-electron chi connectivity index (χ2n) is 4.63. The Labute approximate surface area is 110 Å². The van der Waals surface area contributed by atoms with E-state index in [1.807, 2.05) is 30.3 Å². The van der Waals surface area contributed by atoms with Crippen LogP contribution in [0.15, 0.2) is 30.3 Å². The third kappa shape index (κ3) is 6.62. The molecule has 0 amide bonds. The molecule has 1 N–H and O–H groups in total. The highest BCUT2D eigenvalue weighted by molar-refractivity contribution is 5.20. The highest BCUT2D eigenvalue weighted by Crippen LogP contribution is 2.08. The first-order valence-electron chi connectivity index (χ1n) is 6.75. The Balaban J connectivity index is 2.12. The van der Waals surface area contributed by atoms with E-state index in [0.717, 1.165) is 18.7 Å². The summed E-state index contributed by atoms with van der Waals surface area (Å²) in [5, 5.41) is 3.39. The van der Waals surface area contributed by atoms with E-state index in [2.05, 4.69) is 26.1 Å². The zero-order valence-electron chi connectivity index (χ0n) is 11.7. The minimum absolute atomic E-state index is 0.270. The van der Waals surface area contributed by atoms with Crippen molar-refractivity contribution in [1.29, 1.82) is 0 Å². The van der Waals surface area contributed by atoms with E-state index in [4.69, 9.17) is 9.47 Å². The van der Waals surface area contributed by atoms with E-state index < -0.39 is 0 Å². The van der Waals surface area contributed by atoms with Crippen LogP contribution in [0.4, 0.5) is 0 Å². The SMILES string of the molecule is CCC(CNC(C)C)OCCOc1ccccc1. The summed E-state index contributed by atoms with van der Waals surface area (Å²) in [6.45, 7) is 8.57. The van der Waals surface area contributed by atoms with Gasteiger partial charge in [-0.15, -0.1) is 0 Å². The molecule has 0 aliphatic heterocycles. The minimum atomic E-state index is 0.270. The smallest absolute Gasteiger partial charge is 0.119 e. The number of rotatable bonds is 9. The molecule has 0 aliphatic rings. The second kappa shape index (κ2) is 8.95. The predicted molar refractivity (Wildman–Crippen MR) is 75.1 cm³/mol. The van der Waals surface area contributed by atoms with Crippen molar-refractivity contribution in [1.82, 2.24) is 5.32 Å². The zero-order valence-corrected chi connectivity index (χ0v) is 11.7. The molecular formula is C15H25NO2. The molecule has 3 heteroatoms. The van der Waals surface area contributed by atoms with Crippen LogP contribution in [0.1, 0.15) is 27.2 Å². The average Bonchev–Trinajstić information content (AvgIpc) is 2.39. The summed E-state index contributed by atoms with van der Waals surface area (Å²) in [6.07, 6.45) is 1.29. The third-order valence-corrected chi connectivity index (χ3v) is 2.66. The van der Waals surface area contributed by atoms with Crippen molar-refractivity contribution in [3.8, 4) is 5.75 Å². The molecular weight excluding hydrogens is 226 g/mol. The molecule has 0 fully saturated rings. The molecule has 18 heavy (non-hydrogen) atoms. The van der Waals surface area contributed by atoms with Gasteiger partial charge in [-0.25, -0.2) is 0 Å². The summed E-state index contributed by atoms with van der Waals surface area (Å²) >= 11 is 0. The Morgan fingerprint density at radius 3 is 2.44 bits per heavy atom. The van der Waals surface area contributed by atoms with Crippen LogP contribution in [0, 0.1) is 0 Å². The number of benzene rings is 1. The van der Waals surface area contributed by atoms with Crippen LogP contribution in [-0.4, -0.2) is 31.9 Å². The van der Waals surface area contributed by atoms with Crippen molar-refractivity contribution in [2.45, 2.75) is 39.3 Å². The zero-order chi connectivity index (χ0) is 13.2. The van der Waals surface area contributed by atoms with Gasteiger partial charge in [-0.05, 0) is 18.6 Å². The van der Waals surface area contributed by atoms with E-state index in [-0.39, 0.29) is 6.10 Å². The molecule has 0 aromatic heterocycles. The number of ether oxygens (including phenoxy) is 2. The Hall–Kier alpha value is -1.06. The molecule has 0 spiro atoms. The molecule has 0 radical (unpaired) electrons. The van der Waals surface area contributed by atoms with Crippen molar-refractivity contribution >= 4 is 0 Å². The quantitative estimate of drug-likeness (QED) is 0.685. The molecule has 1 atom stereocenters. The lowest BCUT2D eigenvalue weighted by Gasteiger charge is -2.18. The predicted octanol–water partition coefficient (Wildman–Crippen LogP) is 2.86. The number of nitrogens with one attached hydrogen (secondary N) is 1. The van der Waals surface area contributed by atoms with Crippen LogP contribution in [0.2, 0.25) is 0 Å². The van der Waals surface area contributed by atoms with E-state index in [0.29, 0.717) is 19.3 Å². The van der Waals surface area contributed by atoms with Crippen LogP contribution in [-0.2, 0) is 4.74 Å². The van der Waals surface area contributed by atoms with Crippen molar-refractivity contribution in [2.75, 3.05) is 19.8 Å². The molecule has 1 rings (SSSR count). The Morgan fingerprint density at radius 2 is 1.83 bits per heavy atom. The maximum Gasteiger partial charge on any atom is 0.119 e. The van der Waals surface area contributed by atoms with E-state index in [9.17, 15) is 0 Å². The minimum Gasteiger partial charge on any atom is -0.491 e. The fourth-order valence-corrected chi connectivity index (χ4v) is 1.58. The number of hydrogen-bond donors (Lipinski definition) is 1. The molecule has 1 aromatic carbocycles. The lowest BCUT2D eigenvalue weighted by molar-refractivity contribution is 0.0310. The summed E-state index contributed by atoms with van der Waals surface area (Å²) in [6, 6.07) is 10.3. The van der Waals surface area contributed by atoms with Gasteiger partial charge in [0, 0.05) is 12.6 Å². The van der Waals surface area contributed by atoms with Crippen molar-refractivity contribution in [2.24, 2.45) is 0 Å². The summed E-state index contributed by atoms with van der Waals surface area (Å²) in [5.74, 6) is 0.898. The average molecular weight is 251 g/mol. The van der Waals surface area contributed by atoms with Crippen LogP contribution in [0.5, 0.6) is 5.75 Å². The molecule has 3 nitrogen and oxygen atoms in total. The second-order valence-corrected chi connectivity index (χ2v) is 4.63. The largest absolute Gasteiger partial charge is 0.491 e. The van der Waals surface area contributed by atoms with Gasteiger partial charge in [-0.3, -0.25) is 0 Å². The third-order valence-electron chi connectivity index (χ3n) is 2.66. The maximum absolute atomic E-state index is 5.78. The summed E-state index contributed by atoms with van der Waals surface area (Å²) in [5.41, 5.74) is 0. The van der Waals surface area contributed by atoms with E-state index in [1.54, 1.807) is 0 Å². The highest BCUT2D eigenvalue weighted by Gasteiger charge is 2.06. The van der Waals surface area contributed by atoms with Gasteiger partial charge < -0.3 is 14.8 Å². The van der Waals surface area contributed by atoms with E-state index >= 15 is 0 Å². The lowest BCUT2D eigenvalue weighted by Crippen LogP contribution is -2.34. The van der Waals surface area contributed by atoms with Gasteiger partial charge in [0.05, 0.1) is 12.7 Å². The van der Waals surface area contributed by atoms with Gasteiger partial charge in [0.2, 0.25) is 0 Å². The highest BCUT2D eigenvalue weighted by atomic mass is 16.5. The molecule has 102 valence electrons. The van der Waals surface area contributed by atoms with Crippen LogP contribution < -0.4 is 10.1 Å². The first-order chi connectivity index (χ1) is 8.72. The van der Waals surface area contributed by atoms with Crippen molar-refractivity contribution in [3.63, 3.8) is 0 Å². The van der Waals surface area contributed by atoms with Crippen LogP contribution in [0.25, 0.3) is 0 Å². The van der Waals surface area contributed by atoms with Gasteiger partial charge in [0.25, 0.3) is 0 Å². The molecule has 1 aromatic rings. The van der Waals surface area contributed by atoms with Crippen molar-refractivity contribution < 1.29 is 9.47 Å². The molecule has 0 heterocycles. The van der Waals surface area contributed by atoms with Crippen LogP contribution >= 0.6 is 0 Å². The topological polar surface area (TPSA) is 30.5 Å². The van der Waals surface area contributed by atoms with Gasteiger partial charge in [-0.2, -0.15) is 0 Å². The summed E-state index contributed by atoms with van der Waals surface area (Å²) in [4.78, 5) is 0. The van der Waals surface area contributed by atoms with Gasteiger partial charge in [0.15, 0.2) is 0 Å². The molecule has 0 bridgehead atoms. The first-order valence-corrected chi connectivity index (χ1v) is 6.75. The van der Waals surface area contributed by atoms with Gasteiger partial charge in [-0.1, -0.05) is 39.0 Å². The Kier molecular flexibility index (Phi) is 7.46. The number of hydrogen-bond acceptors (Lipinski definition) is 3. The molecule has 0 aliphatic carbocycles. The van der Waals surface area contributed by atoms with E-state index in [1.165, 1.54) is 0 Å². The Bertz CT molecular complexity index is 301.